The lowest BCUT2D eigenvalue weighted by Crippen LogP contribution is -2.51. The Labute approximate surface area is 150 Å². The number of hydrogen-bond acceptors (Lipinski definition) is 4. The van der Waals surface area contributed by atoms with Gasteiger partial charge in [-0.3, -0.25) is 0 Å². The Morgan fingerprint density at radius 1 is 1.16 bits per heavy atom. The van der Waals surface area contributed by atoms with E-state index in [1.54, 1.807) is 6.33 Å². The quantitative estimate of drug-likeness (QED) is 0.748. The number of rotatable bonds is 2. The first-order valence-corrected chi connectivity index (χ1v) is 9.12. The Kier molecular flexibility index (Phi) is 3.43. The van der Waals surface area contributed by atoms with Gasteiger partial charge < -0.3 is 9.80 Å². The van der Waals surface area contributed by atoms with Crippen LogP contribution in [0.3, 0.4) is 0 Å². The van der Waals surface area contributed by atoms with Crippen LogP contribution < -0.4 is 9.80 Å². The zero-order valence-electron chi connectivity index (χ0n) is 15.4. The van der Waals surface area contributed by atoms with Gasteiger partial charge in [0.05, 0.1) is 6.20 Å². The molecule has 1 aromatic carbocycles. The smallest absolute Gasteiger partial charge is 0.157 e. The van der Waals surface area contributed by atoms with Gasteiger partial charge >= 0.3 is 0 Å². The van der Waals surface area contributed by atoms with E-state index in [9.17, 15) is 0 Å². The molecule has 1 saturated carbocycles. The van der Waals surface area contributed by atoms with Gasteiger partial charge in [0.2, 0.25) is 0 Å². The number of aromatic nitrogens is 2. The molecule has 4 nitrogen and oxygen atoms in total. The van der Waals surface area contributed by atoms with Crippen LogP contribution in [0, 0.1) is 5.41 Å². The molecule has 1 aliphatic carbocycles. The van der Waals surface area contributed by atoms with E-state index in [0.717, 1.165) is 11.5 Å². The van der Waals surface area contributed by atoms with Crippen LogP contribution in [0.25, 0.3) is 0 Å². The molecule has 0 N–H and O–H groups in total. The maximum Gasteiger partial charge on any atom is 0.157 e. The van der Waals surface area contributed by atoms with Gasteiger partial charge in [-0.15, -0.1) is 13.2 Å². The van der Waals surface area contributed by atoms with Crippen LogP contribution in [0.1, 0.15) is 38.7 Å². The fourth-order valence-electron chi connectivity index (χ4n) is 5.66. The Morgan fingerprint density at radius 3 is 2.64 bits per heavy atom. The average molecular weight is 334 g/mol. The summed E-state index contributed by atoms with van der Waals surface area (Å²) in [5.74, 6) is 1.06. The Morgan fingerprint density at radius 2 is 1.92 bits per heavy atom. The van der Waals surface area contributed by atoms with Crippen molar-refractivity contribution in [3.63, 3.8) is 0 Å². The van der Waals surface area contributed by atoms with Crippen LogP contribution in [0.2, 0.25) is 0 Å². The van der Waals surface area contributed by atoms with Crippen LogP contribution in [0.5, 0.6) is 0 Å². The molecular formula is C21H26N4. The monoisotopic (exact) mass is 334 g/mol. The molecular weight excluding hydrogens is 308 g/mol. The van der Waals surface area contributed by atoms with Crippen LogP contribution >= 0.6 is 0 Å². The van der Waals surface area contributed by atoms with Crippen molar-refractivity contribution in [2.75, 3.05) is 16.8 Å². The van der Waals surface area contributed by atoms with Crippen LogP contribution in [0.15, 0.2) is 49.9 Å². The van der Waals surface area contributed by atoms with Gasteiger partial charge in [-0.1, -0.05) is 32.0 Å². The highest BCUT2D eigenvalue weighted by molar-refractivity contribution is 5.85. The van der Waals surface area contributed by atoms with Gasteiger partial charge in [0.1, 0.15) is 18.2 Å². The Hall–Kier alpha value is -2.36. The van der Waals surface area contributed by atoms with E-state index in [1.807, 2.05) is 6.20 Å². The molecule has 5 rings (SSSR count). The molecule has 25 heavy (non-hydrogen) atoms. The minimum Gasteiger partial charge on any atom is -0.337 e. The maximum absolute atomic E-state index is 4.58. The number of benzene rings is 1. The van der Waals surface area contributed by atoms with Crippen LogP contribution in [-0.2, 0) is 5.41 Å². The van der Waals surface area contributed by atoms with Crippen molar-refractivity contribution in [3.05, 3.63) is 55.5 Å². The molecule has 130 valence electrons. The summed E-state index contributed by atoms with van der Waals surface area (Å²) in [7, 11) is 2.20. The third-order valence-electron chi connectivity index (χ3n) is 6.73. The molecule has 3 unspecified atom stereocenters. The molecule has 2 aliphatic heterocycles. The van der Waals surface area contributed by atoms with Gasteiger partial charge in [0.15, 0.2) is 5.82 Å². The lowest BCUT2D eigenvalue weighted by molar-refractivity contribution is 0.306. The summed E-state index contributed by atoms with van der Waals surface area (Å²) in [4.78, 5) is 13.8. The SMILES string of the molecule is C=C.CCC12CC1(CC)C1N(C)c3ncncc3N1c1ccccc12. The van der Waals surface area contributed by atoms with E-state index in [1.165, 1.54) is 30.5 Å². The summed E-state index contributed by atoms with van der Waals surface area (Å²) in [6.45, 7) is 10.7. The Balaban J connectivity index is 0.000000758. The lowest BCUT2D eigenvalue weighted by Gasteiger charge is -2.45. The zero-order valence-corrected chi connectivity index (χ0v) is 15.4. The van der Waals surface area contributed by atoms with Crippen molar-refractivity contribution in [2.24, 2.45) is 5.41 Å². The van der Waals surface area contributed by atoms with E-state index >= 15 is 0 Å². The highest BCUT2D eigenvalue weighted by atomic mass is 15.5. The van der Waals surface area contributed by atoms with Gasteiger partial charge in [-0.25, -0.2) is 9.97 Å². The van der Waals surface area contributed by atoms with Crippen LogP contribution in [0.4, 0.5) is 17.2 Å². The normalized spacial score (nSPS) is 30.4. The van der Waals surface area contributed by atoms with Gasteiger partial charge in [-0.2, -0.15) is 0 Å². The molecule has 4 heteroatoms. The molecule has 0 saturated heterocycles. The maximum atomic E-state index is 4.58. The molecule has 1 fully saturated rings. The fraction of sp³-hybridized carbons (Fsp3) is 0.429. The minimum atomic E-state index is 0.311. The number of fused-ring (bicyclic) bond motifs is 8. The first-order valence-electron chi connectivity index (χ1n) is 9.12. The molecule has 3 atom stereocenters. The topological polar surface area (TPSA) is 32.3 Å². The highest BCUT2D eigenvalue weighted by Crippen LogP contribution is 2.77. The van der Waals surface area contributed by atoms with E-state index in [0.29, 0.717) is 17.0 Å². The highest BCUT2D eigenvalue weighted by Gasteiger charge is 2.75. The largest absolute Gasteiger partial charge is 0.337 e. The second-order valence-corrected chi connectivity index (χ2v) is 7.23. The van der Waals surface area contributed by atoms with Crippen molar-refractivity contribution < 1.29 is 0 Å². The number of nitrogens with zero attached hydrogens (tertiary/aromatic N) is 4. The molecule has 0 amide bonds. The second-order valence-electron chi connectivity index (χ2n) is 7.23. The summed E-state index contributed by atoms with van der Waals surface area (Å²) >= 11 is 0. The third-order valence-corrected chi connectivity index (χ3v) is 6.73. The number of anilines is 3. The second kappa shape index (κ2) is 5.32. The van der Waals surface area contributed by atoms with E-state index in [-0.39, 0.29) is 0 Å². The molecule has 2 aromatic rings. The summed E-state index contributed by atoms with van der Waals surface area (Å²) in [6.07, 6.45) is 7.67. The first-order chi connectivity index (χ1) is 12.2. The molecule has 0 bridgehead atoms. The van der Waals surface area contributed by atoms with Crippen molar-refractivity contribution in [2.45, 2.75) is 44.7 Å². The summed E-state index contributed by atoms with van der Waals surface area (Å²) in [5.41, 5.74) is 4.65. The van der Waals surface area contributed by atoms with Gasteiger partial charge in [0, 0.05) is 23.6 Å². The number of hydrogen-bond donors (Lipinski definition) is 0. The van der Waals surface area contributed by atoms with E-state index < -0.39 is 0 Å². The standard InChI is InChI=1S/C19H22N4.C2H4/c1-4-18-11-19(18,5-2)17-22(3)16-15(10-20-12-21-16)23(17)14-9-7-6-8-13(14)18;1-2/h6-10,12,17H,4-5,11H2,1-3H3;1-2H2. The molecule has 3 aliphatic rings. The predicted octanol–water partition coefficient (Wildman–Crippen LogP) is 4.65. The molecule has 3 heterocycles. The molecule has 0 radical (unpaired) electrons. The minimum absolute atomic E-state index is 0.311. The molecule has 0 spiro atoms. The first kappa shape index (κ1) is 16.1. The van der Waals surface area contributed by atoms with E-state index in [2.05, 4.69) is 78.1 Å². The molecule has 1 aromatic heterocycles. The predicted molar refractivity (Wildman–Crippen MR) is 103 cm³/mol. The van der Waals surface area contributed by atoms with E-state index in [4.69, 9.17) is 0 Å². The van der Waals surface area contributed by atoms with Crippen molar-refractivity contribution in [1.29, 1.82) is 0 Å². The fourth-order valence-corrected chi connectivity index (χ4v) is 5.66. The van der Waals surface area contributed by atoms with Crippen molar-refractivity contribution in [1.82, 2.24) is 9.97 Å². The summed E-state index contributed by atoms with van der Waals surface area (Å²) in [6, 6.07) is 8.96. The third kappa shape index (κ3) is 1.67. The van der Waals surface area contributed by atoms with Crippen molar-refractivity contribution >= 4 is 17.2 Å². The Bertz CT molecular complexity index is 819. The summed E-state index contributed by atoms with van der Waals surface area (Å²) < 4.78 is 0. The zero-order chi connectivity index (χ0) is 17.8. The van der Waals surface area contributed by atoms with Gasteiger partial charge in [-0.05, 0) is 30.9 Å². The van der Waals surface area contributed by atoms with Gasteiger partial charge in [0.25, 0.3) is 0 Å². The average Bonchev–Trinajstić information content (AvgIpc) is 3.30. The van der Waals surface area contributed by atoms with Crippen LogP contribution in [-0.4, -0.2) is 23.2 Å². The van der Waals surface area contributed by atoms with Crippen molar-refractivity contribution in [3.8, 4) is 0 Å². The summed E-state index contributed by atoms with van der Waals surface area (Å²) in [5, 5.41) is 0. The lowest BCUT2D eigenvalue weighted by atomic mass is 9.76. The number of para-hydroxylation sites is 1.